The minimum Gasteiger partial charge on any atom is -0.334 e. The number of nitro benzene ring substituents is 1. The van der Waals surface area contributed by atoms with Gasteiger partial charge in [0.1, 0.15) is 0 Å². The van der Waals surface area contributed by atoms with E-state index in [1.807, 2.05) is 6.92 Å². The van der Waals surface area contributed by atoms with Gasteiger partial charge in [-0.2, -0.15) is 0 Å². The van der Waals surface area contributed by atoms with Gasteiger partial charge in [0, 0.05) is 31.3 Å². The van der Waals surface area contributed by atoms with Gasteiger partial charge in [-0.05, 0) is 25.5 Å². The van der Waals surface area contributed by atoms with Gasteiger partial charge in [-0.1, -0.05) is 18.5 Å². The Balaban J connectivity index is 2.31. The molecule has 2 rings (SSSR count). The predicted octanol–water partition coefficient (Wildman–Crippen LogP) is 2.46. The summed E-state index contributed by atoms with van der Waals surface area (Å²) >= 11 is 6.06. The van der Waals surface area contributed by atoms with Gasteiger partial charge in [-0.25, -0.2) is 0 Å². The quantitative estimate of drug-likeness (QED) is 0.669. The second-order valence-corrected chi connectivity index (χ2v) is 5.47. The third-order valence-electron chi connectivity index (χ3n) is 3.59. The zero-order valence-corrected chi connectivity index (χ0v) is 12.6. The molecule has 1 atom stereocenters. The summed E-state index contributed by atoms with van der Waals surface area (Å²) in [4.78, 5) is 24.8. The first kappa shape index (κ1) is 15.7. The molecule has 1 heterocycles. The molecular weight excluding hydrogens is 294 g/mol. The number of nitro groups is 1. The van der Waals surface area contributed by atoms with Crippen LogP contribution in [0.1, 0.15) is 30.1 Å². The summed E-state index contributed by atoms with van der Waals surface area (Å²) in [6, 6.07) is 4.09. The van der Waals surface area contributed by atoms with Crippen LogP contribution in [-0.4, -0.2) is 41.4 Å². The topological polar surface area (TPSA) is 75.5 Å². The van der Waals surface area contributed by atoms with Crippen molar-refractivity contribution in [2.45, 2.75) is 25.8 Å². The normalized spacial score (nSPS) is 17.7. The number of hydrogen-bond acceptors (Lipinski definition) is 4. The number of nitrogens with zero attached hydrogens (tertiary/aromatic N) is 2. The van der Waals surface area contributed by atoms with Crippen LogP contribution in [-0.2, 0) is 0 Å². The third-order valence-corrected chi connectivity index (χ3v) is 3.92. The largest absolute Gasteiger partial charge is 0.334 e. The molecule has 0 aromatic heterocycles. The van der Waals surface area contributed by atoms with Crippen molar-refractivity contribution in [1.82, 2.24) is 10.2 Å². The minimum absolute atomic E-state index is 0.118. The summed E-state index contributed by atoms with van der Waals surface area (Å²) in [5.41, 5.74) is 0.0787. The van der Waals surface area contributed by atoms with Gasteiger partial charge in [0.25, 0.3) is 11.6 Å². The van der Waals surface area contributed by atoms with Crippen LogP contribution in [0.25, 0.3) is 0 Å². The molecule has 0 radical (unpaired) electrons. The van der Waals surface area contributed by atoms with E-state index in [-0.39, 0.29) is 28.2 Å². The fourth-order valence-corrected chi connectivity index (χ4v) is 2.74. The number of halogens is 1. The van der Waals surface area contributed by atoms with Crippen LogP contribution in [0, 0.1) is 10.1 Å². The average Bonchev–Trinajstić information content (AvgIpc) is 2.98. The summed E-state index contributed by atoms with van der Waals surface area (Å²) < 4.78 is 0. The summed E-state index contributed by atoms with van der Waals surface area (Å²) in [5, 5.41) is 14.3. The van der Waals surface area contributed by atoms with Gasteiger partial charge < -0.3 is 10.2 Å². The Morgan fingerprint density at radius 1 is 1.57 bits per heavy atom. The van der Waals surface area contributed by atoms with Crippen molar-refractivity contribution in [3.05, 3.63) is 38.9 Å². The van der Waals surface area contributed by atoms with E-state index < -0.39 is 4.92 Å². The highest BCUT2D eigenvalue weighted by Gasteiger charge is 2.28. The Morgan fingerprint density at radius 3 is 2.90 bits per heavy atom. The van der Waals surface area contributed by atoms with Crippen molar-refractivity contribution in [3.63, 3.8) is 0 Å². The lowest BCUT2D eigenvalue weighted by Gasteiger charge is -2.28. The van der Waals surface area contributed by atoms with E-state index >= 15 is 0 Å². The van der Waals surface area contributed by atoms with Gasteiger partial charge in [-0.15, -0.1) is 0 Å². The molecule has 6 nitrogen and oxygen atoms in total. The lowest BCUT2D eigenvalue weighted by molar-refractivity contribution is -0.384. The van der Waals surface area contributed by atoms with Gasteiger partial charge >= 0.3 is 0 Å². The zero-order chi connectivity index (χ0) is 15.4. The van der Waals surface area contributed by atoms with Gasteiger partial charge in [-0.3, -0.25) is 14.9 Å². The van der Waals surface area contributed by atoms with E-state index in [1.165, 1.54) is 18.2 Å². The first-order valence-electron chi connectivity index (χ1n) is 7.00. The fraction of sp³-hybridized carbons (Fsp3) is 0.500. The Morgan fingerprint density at radius 2 is 2.33 bits per heavy atom. The first-order valence-corrected chi connectivity index (χ1v) is 7.38. The standard InChI is InChI=1S/C14H18ClN3O3/c1-2-7-17(11-5-6-16-9-11)14(19)12-8-10(18(20)21)3-4-13(12)15/h3-4,8,11,16H,2,5-7,9H2,1H3. The maximum atomic E-state index is 12.7. The van der Waals surface area contributed by atoms with E-state index in [1.54, 1.807) is 4.90 Å². The highest BCUT2D eigenvalue weighted by molar-refractivity contribution is 6.33. The molecule has 0 bridgehead atoms. The van der Waals surface area contributed by atoms with Crippen molar-refractivity contribution >= 4 is 23.2 Å². The van der Waals surface area contributed by atoms with Crippen LogP contribution in [0.15, 0.2) is 18.2 Å². The molecule has 1 amide bonds. The van der Waals surface area contributed by atoms with Crippen LogP contribution in [0.3, 0.4) is 0 Å². The highest BCUT2D eigenvalue weighted by Crippen LogP contribution is 2.25. The van der Waals surface area contributed by atoms with Gasteiger partial charge in [0.2, 0.25) is 0 Å². The molecule has 1 aliphatic heterocycles. The SMILES string of the molecule is CCCN(C(=O)c1cc([N+](=O)[O-])ccc1Cl)C1CCNC1. The number of nitrogens with one attached hydrogen (secondary N) is 1. The van der Waals surface area contributed by atoms with Gasteiger partial charge in [0.15, 0.2) is 0 Å². The molecule has 1 N–H and O–H groups in total. The Labute approximate surface area is 128 Å². The molecule has 1 unspecified atom stereocenters. The summed E-state index contributed by atoms with van der Waals surface area (Å²) in [6.45, 7) is 4.24. The molecule has 114 valence electrons. The average molecular weight is 312 g/mol. The van der Waals surface area contributed by atoms with Crippen LogP contribution in [0.4, 0.5) is 5.69 Å². The Hall–Kier alpha value is -1.66. The summed E-state index contributed by atoms with van der Waals surface area (Å²) in [7, 11) is 0. The molecule has 1 fully saturated rings. The lowest BCUT2D eigenvalue weighted by Crippen LogP contribution is -2.42. The number of carbonyl (C=O) groups is 1. The van der Waals surface area contributed by atoms with Crippen molar-refractivity contribution < 1.29 is 9.72 Å². The number of hydrogen-bond donors (Lipinski definition) is 1. The van der Waals surface area contributed by atoms with E-state index in [0.29, 0.717) is 6.54 Å². The smallest absolute Gasteiger partial charge is 0.270 e. The second-order valence-electron chi connectivity index (χ2n) is 5.07. The van der Waals surface area contributed by atoms with Crippen LogP contribution < -0.4 is 5.32 Å². The molecule has 1 saturated heterocycles. The monoisotopic (exact) mass is 311 g/mol. The molecule has 0 aliphatic carbocycles. The van der Waals surface area contributed by atoms with Crippen molar-refractivity contribution in [1.29, 1.82) is 0 Å². The molecule has 0 spiro atoms. The molecule has 7 heteroatoms. The highest BCUT2D eigenvalue weighted by atomic mass is 35.5. The molecular formula is C14H18ClN3O3. The van der Waals surface area contributed by atoms with E-state index in [2.05, 4.69) is 5.32 Å². The lowest BCUT2D eigenvalue weighted by atomic mass is 10.1. The van der Waals surface area contributed by atoms with E-state index in [0.717, 1.165) is 25.9 Å². The van der Waals surface area contributed by atoms with Crippen molar-refractivity contribution in [3.8, 4) is 0 Å². The van der Waals surface area contributed by atoms with Crippen molar-refractivity contribution in [2.24, 2.45) is 0 Å². The van der Waals surface area contributed by atoms with Crippen molar-refractivity contribution in [2.75, 3.05) is 19.6 Å². The first-order chi connectivity index (χ1) is 10.0. The maximum absolute atomic E-state index is 12.7. The molecule has 1 aliphatic rings. The van der Waals surface area contributed by atoms with E-state index in [4.69, 9.17) is 11.6 Å². The van der Waals surface area contributed by atoms with Crippen LogP contribution in [0.5, 0.6) is 0 Å². The molecule has 21 heavy (non-hydrogen) atoms. The second kappa shape index (κ2) is 6.87. The molecule has 1 aromatic carbocycles. The zero-order valence-electron chi connectivity index (χ0n) is 11.8. The third kappa shape index (κ3) is 3.51. The summed E-state index contributed by atoms with van der Waals surface area (Å²) in [5.74, 6) is -0.237. The number of rotatable bonds is 5. The minimum atomic E-state index is -0.519. The Kier molecular flexibility index (Phi) is 5.14. The fourth-order valence-electron chi connectivity index (χ4n) is 2.54. The number of benzene rings is 1. The number of amides is 1. The molecule has 1 aromatic rings. The number of carbonyl (C=O) groups excluding carboxylic acids is 1. The van der Waals surface area contributed by atoms with E-state index in [9.17, 15) is 14.9 Å². The summed E-state index contributed by atoms with van der Waals surface area (Å²) in [6.07, 6.45) is 1.72. The molecule has 0 saturated carbocycles. The van der Waals surface area contributed by atoms with Crippen LogP contribution in [0.2, 0.25) is 5.02 Å². The maximum Gasteiger partial charge on any atom is 0.270 e. The van der Waals surface area contributed by atoms with Gasteiger partial charge in [0.05, 0.1) is 15.5 Å². The Bertz CT molecular complexity index is 544. The predicted molar refractivity (Wildman–Crippen MR) is 80.7 cm³/mol. The number of non-ortho nitro benzene ring substituents is 1. The van der Waals surface area contributed by atoms with Crippen LogP contribution >= 0.6 is 11.6 Å².